The van der Waals surface area contributed by atoms with Gasteiger partial charge < -0.3 is 15.9 Å². The van der Waals surface area contributed by atoms with Crippen LogP contribution in [0.4, 0.5) is 0 Å². The van der Waals surface area contributed by atoms with Gasteiger partial charge in [0.1, 0.15) is 6.04 Å². The van der Waals surface area contributed by atoms with Crippen molar-refractivity contribution < 1.29 is 19.8 Å². The molecule has 0 aliphatic heterocycles. The van der Waals surface area contributed by atoms with Crippen LogP contribution in [-0.2, 0) is 9.59 Å². The monoisotopic (exact) mass is 161 g/mol. The Morgan fingerprint density at radius 3 is 2.09 bits per heavy atom. The van der Waals surface area contributed by atoms with Gasteiger partial charge in [-0.3, -0.25) is 9.59 Å². The van der Waals surface area contributed by atoms with Crippen LogP contribution in [-0.4, -0.2) is 36.6 Å². The first kappa shape index (κ1) is 12.6. The predicted octanol–water partition coefficient (Wildman–Crippen LogP) is -1.92. The lowest BCUT2D eigenvalue weighted by atomic mass is 10.2. The average Bonchev–Trinajstić information content (AvgIpc) is 1.82. The molecule has 1 atom stereocenters. The molecule has 0 aromatic rings. The normalized spacial score (nSPS) is 11.4. The number of nitrogens with two attached hydrogens (primary N) is 1. The molecule has 0 rings (SSSR count). The Bertz CT molecular complexity index is 149. The smallest absolute Gasteiger partial charge is 0.320 e. The Labute approximate surface area is 65.8 Å². The summed E-state index contributed by atoms with van der Waals surface area (Å²) >= 11 is 0. The van der Waals surface area contributed by atoms with E-state index in [-0.39, 0.29) is 21.3 Å². The minimum atomic E-state index is -1.17. The van der Waals surface area contributed by atoms with E-state index in [1.165, 1.54) is 0 Å². The number of aliphatic carboxylic acids is 2. The highest BCUT2D eigenvalue weighted by Gasteiger charge is 2.12. The van der Waals surface area contributed by atoms with Gasteiger partial charge in [0, 0.05) is 6.42 Å². The molecule has 6 heteroatoms. The molecule has 0 aromatic heterocycles. The summed E-state index contributed by atoms with van der Waals surface area (Å²) in [5.41, 5.74) is 5.00. The summed E-state index contributed by atoms with van der Waals surface area (Å²) in [7, 11) is 0. The van der Waals surface area contributed by atoms with Crippen LogP contribution in [0.15, 0.2) is 0 Å². The minimum absolute atomic E-state index is 0. The van der Waals surface area contributed by atoms with Crippen LogP contribution in [0.5, 0.6) is 0 Å². The molecule has 0 amide bonds. The van der Waals surface area contributed by atoms with Crippen molar-refractivity contribution in [3.8, 4) is 0 Å². The maximum Gasteiger partial charge on any atom is 0.320 e. The Kier molecular flexibility index (Phi) is 6.57. The van der Waals surface area contributed by atoms with Crippen LogP contribution in [0.25, 0.3) is 0 Å². The van der Waals surface area contributed by atoms with Gasteiger partial charge in [0.15, 0.2) is 0 Å². The van der Waals surface area contributed by atoms with Crippen molar-refractivity contribution in [2.75, 3.05) is 0 Å². The molecule has 5 nitrogen and oxygen atoms in total. The van der Waals surface area contributed by atoms with E-state index in [1.54, 1.807) is 0 Å². The topological polar surface area (TPSA) is 101 Å². The van der Waals surface area contributed by atoms with Crippen LogP contribution in [0.2, 0.25) is 0 Å². The molecule has 0 saturated carbocycles. The van der Waals surface area contributed by atoms with E-state index in [0.717, 1.165) is 0 Å². The number of carboxylic acid groups (broad SMARTS) is 2. The number of hydrogen-bond acceptors (Lipinski definition) is 3. The second-order valence-corrected chi connectivity index (χ2v) is 1.88. The van der Waals surface area contributed by atoms with E-state index in [1.807, 2.05) is 0 Å². The molecule has 0 saturated heterocycles. The summed E-state index contributed by atoms with van der Waals surface area (Å²) in [6.07, 6.45) is -0.224. The van der Waals surface area contributed by atoms with Crippen LogP contribution in [0, 0.1) is 0 Å². The van der Waals surface area contributed by atoms with Crippen LogP contribution < -0.4 is 5.73 Å². The lowest BCUT2D eigenvalue weighted by Gasteiger charge is -2.01. The largest absolute Gasteiger partial charge is 0.481 e. The number of hydrogen-bond donors (Lipinski definition) is 3. The lowest BCUT2D eigenvalue weighted by Crippen LogP contribution is -2.30. The van der Waals surface area contributed by atoms with Crippen LogP contribution in [0.3, 0.4) is 0 Å². The van der Waals surface area contributed by atoms with Gasteiger partial charge in [-0.1, -0.05) is 0 Å². The van der Waals surface area contributed by atoms with Gasteiger partial charge in [-0.25, -0.2) is 0 Å². The third kappa shape index (κ3) is 6.86. The summed E-state index contributed by atoms with van der Waals surface area (Å²) in [6.45, 7) is 0. The summed E-state index contributed by atoms with van der Waals surface area (Å²) < 4.78 is 0. The van der Waals surface area contributed by atoms with Gasteiger partial charge in [-0.2, -0.15) is 0 Å². The zero-order valence-corrected chi connectivity index (χ0v) is 5.28. The van der Waals surface area contributed by atoms with Gasteiger partial charge in [0.25, 0.3) is 0 Å². The van der Waals surface area contributed by atoms with Gasteiger partial charge in [-0.15, -0.1) is 0 Å². The summed E-state index contributed by atoms with van der Waals surface area (Å²) in [6, 6.07) is -1.06. The second-order valence-electron chi connectivity index (χ2n) is 1.88. The van der Waals surface area contributed by atoms with E-state index in [2.05, 4.69) is 0 Å². The Balaban J connectivity index is 0. The standard InChI is InChI=1S/C5H9NO4.BH3/c6-3(5(9)10)1-2-4(7)8;/h3H,1-2,6H2,(H,7,8)(H,9,10);1H3. The first-order valence-electron chi connectivity index (χ1n) is 2.74. The molecular weight excluding hydrogens is 149 g/mol. The van der Waals surface area contributed by atoms with Crippen molar-refractivity contribution in [1.82, 2.24) is 0 Å². The fourth-order valence-electron chi connectivity index (χ4n) is 0.402. The van der Waals surface area contributed by atoms with Gasteiger partial charge >= 0.3 is 11.9 Å². The maximum atomic E-state index is 9.99. The van der Waals surface area contributed by atoms with Gasteiger partial charge in [0.2, 0.25) is 0 Å². The SMILES string of the molecule is B.NC(CCC(=O)O)C(=O)O. The summed E-state index contributed by atoms with van der Waals surface area (Å²) in [5.74, 6) is -2.20. The highest BCUT2D eigenvalue weighted by Crippen LogP contribution is 1.93. The van der Waals surface area contributed by atoms with Crippen molar-refractivity contribution in [3.63, 3.8) is 0 Å². The predicted molar refractivity (Wildman–Crippen MR) is 42.4 cm³/mol. The highest BCUT2D eigenvalue weighted by molar-refractivity contribution is 5.75. The highest BCUT2D eigenvalue weighted by atomic mass is 16.4. The van der Waals surface area contributed by atoms with E-state index in [0.29, 0.717) is 0 Å². The molecule has 0 aliphatic carbocycles. The third-order valence-corrected chi connectivity index (χ3v) is 0.986. The fourth-order valence-corrected chi connectivity index (χ4v) is 0.402. The molecule has 4 N–H and O–H groups in total. The Morgan fingerprint density at radius 1 is 1.36 bits per heavy atom. The number of carbonyl (C=O) groups is 2. The molecule has 1 unspecified atom stereocenters. The molecule has 0 aliphatic rings. The Hall–Kier alpha value is -1.04. The number of carboxylic acids is 2. The molecule has 64 valence electrons. The zero-order chi connectivity index (χ0) is 8.15. The van der Waals surface area contributed by atoms with Crippen molar-refractivity contribution >= 4 is 20.4 Å². The van der Waals surface area contributed by atoms with Gasteiger partial charge in [-0.05, 0) is 6.42 Å². The van der Waals surface area contributed by atoms with Crippen LogP contribution in [0.1, 0.15) is 12.8 Å². The second kappa shape index (κ2) is 5.73. The fraction of sp³-hybridized carbons (Fsp3) is 0.600. The quantitative estimate of drug-likeness (QED) is 0.417. The molecule has 0 fully saturated rings. The maximum absolute atomic E-state index is 9.99. The zero-order valence-electron chi connectivity index (χ0n) is 5.28. The first-order chi connectivity index (χ1) is 4.54. The summed E-state index contributed by atoms with van der Waals surface area (Å²) in [5, 5.41) is 16.3. The number of rotatable bonds is 4. The van der Waals surface area contributed by atoms with E-state index >= 15 is 0 Å². The minimum Gasteiger partial charge on any atom is -0.481 e. The third-order valence-electron chi connectivity index (χ3n) is 0.986. The molecule has 0 aromatic carbocycles. The van der Waals surface area contributed by atoms with Gasteiger partial charge in [0.05, 0.1) is 8.41 Å². The molecule has 0 heterocycles. The molecular formula is C5H12BNO4. The van der Waals surface area contributed by atoms with E-state index in [9.17, 15) is 9.59 Å². The summed E-state index contributed by atoms with van der Waals surface area (Å²) in [4.78, 5) is 19.9. The van der Waals surface area contributed by atoms with Crippen molar-refractivity contribution in [3.05, 3.63) is 0 Å². The van der Waals surface area contributed by atoms with E-state index < -0.39 is 18.0 Å². The molecule has 11 heavy (non-hydrogen) atoms. The Morgan fingerprint density at radius 2 is 1.82 bits per heavy atom. The average molecular weight is 161 g/mol. The van der Waals surface area contributed by atoms with Crippen molar-refractivity contribution in [1.29, 1.82) is 0 Å². The molecule has 0 spiro atoms. The van der Waals surface area contributed by atoms with E-state index in [4.69, 9.17) is 15.9 Å². The van der Waals surface area contributed by atoms with Crippen molar-refractivity contribution in [2.45, 2.75) is 18.9 Å². The van der Waals surface area contributed by atoms with Crippen LogP contribution >= 0.6 is 0 Å². The molecule has 0 bridgehead atoms. The first-order valence-corrected chi connectivity index (χ1v) is 2.74. The molecule has 0 radical (unpaired) electrons. The lowest BCUT2D eigenvalue weighted by molar-refractivity contribution is -0.139. The van der Waals surface area contributed by atoms with Crippen molar-refractivity contribution in [2.24, 2.45) is 5.73 Å².